The minimum atomic E-state index is -0.212. The molecule has 0 saturated heterocycles. The SMILES string of the molecule is CN(C(=O)n1ccc(-c2cccnc2)n1)c1ccccc1. The van der Waals surface area contributed by atoms with Crippen LogP contribution in [0, 0.1) is 0 Å². The number of hydrogen-bond acceptors (Lipinski definition) is 3. The predicted octanol–water partition coefficient (Wildman–Crippen LogP) is 3.05. The van der Waals surface area contributed by atoms with Crippen LogP contribution in [0.4, 0.5) is 10.5 Å². The van der Waals surface area contributed by atoms with Crippen molar-refractivity contribution in [3.63, 3.8) is 0 Å². The van der Waals surface area contributed by atoms with E-state index in [0.717, 1.165) is 16.9 Å². The van der Waals surface area contributed by atoms with E-state index in [1.807, 2.05) is 42.5 Å². The monoisotopic (exact) mass is 278 g/mol. The van der Waals surface area contributed by atoms with E-state index in [2.05, 4.69) is 10.1 Å². The van der Waals surface area contributed by atoms with Gasteiger partial charge in [-0.1, -0.05) is 18.2 Å². The molecule has 0 fully saturated rings. The highest BCUT2D eigenvalue weighted by molar-refractivity contribution is 5.92. The van der Waals surface area contributed by atoms with Gasteiger partial charge in [0.2, 0.25) is 0 Å². The summed E-state index contributed by atoms with van der Waals surface area (Å²) >= 11 is 0. The third kappa shape index (κ3) is 2.67. The second-order valence-corrected chi connectivity index (χ2v) is 4.56. The number of amides is 1. The Morgan fingerprint density at radius 3 is 2.62 bits per heavy atom. The number of carbonyl (C=O) groups excluding carboxylic acids is 1. The number of carbonyl (C=O) groups is 1. The highest BCUT2D eigenvalue weighted by Crippen LogP contribution is 2.16. The van der Waals surface area contributed by atoms with Gasteiger partial charge in [0.05, 0.1) is 5.69 Å². The molecule has 1 aromatic carbocycles. The van der Waals surface area contributed by atoms with E-state index in [0.29, 0.717) is 0 Å². The van der Waals surface area contributed by atoms with Crippen LogP contribution in [0.1, 0.15) is 0 Å². The summed E-state index contributed by atoms with van der Waals surface area (Å²) in [5.74, 6) is 0. The van der Waals surface area contributed by atoms with Gasteiger partial charge in [-0.05, 0) is 30.3 Å². The Hall–Kier alpha value is -2.95. The fraction of sp³-hybridized carbons (Fsp3) is 0.0625. The number of pyridine rings is 1. The van der Waals surface area contributed by atoms with Gasteiger partial charge in [0.25, 0.3) is 0 Å². The lowest BCUT2D eigenvalue weighted by atomic mass is 10.2. The number of para-hydroxylation sites is 1. The van der Waals surface area contributed by atoms with Crippen LogP contribution in [0.3, 0.4) is 0 Å². The minimum absolute atomic E-state index is 0.212. The molecule has 0 N–H and O–H groups in total. The maximum absolute atomic E-state index is 12.4. The maximum atomic E-state index is 12.4. The van der Waals surface area contributed by atoms with Crippen LogP contribution in [-0.4, -0.2) is 27.8 Å². The Balaban J connectivity index is 1.85. The summed E-state index contributed by atoms with van der Waals surface area (Å²) < 4.78 is 1.33. The van der Waals surface area contributed by atoms with Gasteiger partial charge in [0.15, 0.2) is 0 Å². The van der Waals surface area contributed by atoms with Gasteiger partial charge in [-0.2, -0.15) is 9.78 Å². The molecule has 0 atom stereocenters. The van der Waals surface area contributed by atoms with Gasteiger partial charge >= 0.3 is 6.03 Å². The van der Waals surface area contributed by atoms with Crippen LogP contribution in [0.25, 0.3) is 11.3 Å². The van der Waals surface area contributed by atoms with Crippen molar-refractivity contribution < 1.29 is 4.79 Å². The quantitative estimate of drug-likeness (QED) is 0.724. The second-order valence-electron chi connectivity index (χ2n) is 4.56. The Kier molecular flexibility index (Phi) is 3.47. The zero-order valence-corrected chi connectivity index (χ0v) is 11.5. The van der Waals surface area contributed by atoms with Crippen LogP contribution in [-0.2, 0) is 0 Å². The van der Waals surface area contributed by atoms with E-state index < -0.39 is 0 Å². The van der Waals surface area contributed by atoms with Gasteiger partial charge in [-0.25, -0.2) is 4.79 Å². The minimum Gasteiger partial charge on any atom is -0.296 e. The number of aromatic nitrogens is 3. The normalized spacial score (nSPS) is 10.3. The average Bonchev–Trinajstić information content (AvgIpc) is 3.05. The number of hydrogen-bond donors (Lipinski definition) is 0. The highest BCUT2D eigenvalue weighted by atomic mass is 16.2. The first-order chi connectivity index (χ1) is 10.3. The second kappa shape index (κ2) is 5.58. The number of benzene rings is 1. The fourth-order valence-electron chi connectivity index (χ4n) is 2.01. The number of anilines is 1. The van der Waals surface area contributed by atoms with Crippen molar-refractivity contribution in [2.75, 3.05) is 11.9 Å². The molecule has 0 radical (unpaired) electrons. The molecule has 0 aliphatic heterocycles. The van der Waals surface area contributed by atoms with Crippen molar-refractivity contribution in [1.29, 1.82) is 0 Å². The molecular weight excluding hydrogens is 264 g/mol. The van der Waals surface area contributed by atoms with E-state index in [1.54, 1.807) is 36.6 Å². The van der Waals surface area contributed by atoms with Crippen LogP contribution in [0.15, 0.2) is 67.1 Å². The molecule has 2 aromatic heterocycles. The predicted molar refractivity (Wildman–Crippen MR) is 81.1 cm³/mol. The standard InChI is InChI=1S/C16H14N4O/c1-19(14-7-3-2-4-8-14)16(21)20-11-9-15(18-20)13-6-5-10-17-12-13/h2-12H,1H3. The van der Waals surface area contributed by atoms with Crippen molar-refractivity contribution in [3.8, 4) is 11.3 Å². The smallest absolute Gasteiger partial charge is 0.296 e. The fourth-order valence-corrected chi connectivity index (χ4v) is 2.01. The van der Waals surface area contributed by atoms with Crippen molar-refractivity contribution in [3.05, 3.63) is 67.1 Å². The van der Waals surface area contributed by atoms with E-state index in [9.17, 15) is 4.79 Å². The number of nitrogens with zero attached hydrogens (tertiary/aromatic N) is 4. The third-order valence-corrected chi connectivity index (χ3v) is 3.17. The van der Waals surface area contributed by atoms with E-state index in [-0.39, 0.29) is 6.03 Å². The van der Waals surface area contributed by atoms with Crippen LogP contribution >= 0.6 is 0 Å². The Morgan fingerprint density at radius 2 is 1.90 bits per heavy atom. The van der Waals surface area contributed by atoms with Crippen molar-refractivity contribution >= 4 is 11.7 Å². The first-order valence-electron chi connectivity index (χ1n) is 6.55. The maximum Gasteiger partial charge on any atom is 0.348 e. The summed E-state index contributed by atoms with van der Waals surface area (Å²) in [7, 11) is 1.73. The summed E-state index contributed by atoms with van der Waals surface area (Å²) in [6, 6.07) is 14.8. The molecule has 0 aliphatic rings. The first kappa shape index (κ1) is 13.1. The molecule has 0 unspecified atom stereocenters. The van der Waals surface area contributed by atoms with Crippen molar-refractivity contribution in [2.24, 2.45) is 0 Å². The zero-order valence-electron chi connectivity index (χ0n) is 11.5. The zero-order chi connectivity index (χ0) is 14.7. The lowest BCUT2D eigenvalue weighted by Gasteiger charge is -2.16. The topological polar surface area (TPSA) is 51.0 Å². The number of rotatable bonds is 2. The molecule has 3 aromatic rings. The Morgan fingerprint density at radius 1 is 1.10 bits per heavy atom. The summed E-state index contributed by atoms with van der Waals surface area (Å²) in [5, 5.41) is 4.31. The van der Waals surface area contributed by atoms with E-state index in [1.165, 1.54) is 4.68 Å². The van der Waals surface area contributed by atoms with Crippen molar-refractivity contribution in [1.82, 2.24) is 14.8 Å². The molecule has 2 heterocycles. The highest BCUT2D eigenvalue weighted by Gasteiger charge is 2.14. The molecule has 0 aliphatic carbocycles. The summed E-state index contributed by atoms with van der Waals surface area (Å²) in [4.78, 5) is 18.0. The largest absolute Gasteiger partial charge is 0.348 e. The van der Waals surface area contributed by atoms with Crippen LogP contribution < -0.4 is 4.90 Å². The first-order valence-corrected chi connectivity index (χ1v) is 6.55. The lowest BCUT2D eigenvalue weighted by molar-refractivity contribution is 0.246. The molecule has 0 saturated carbocycles. The molecule has 0 bridgehead atoms. The summed E-state index contributed by atoms with van der Waals surface area (Å²) in [5.41, 5.74) is 2.42. The molecule has 21 heavy (non-hydrogen) atoms. The summed E-state index contributed by atoms with van der Waals surface area (Å²) in [6.07, 6.45) is 5.08. The van der Waals surface area contributed by atoms with Crippen molar-refractivity contribution in [2.45, 2.75) is 0 Å². The average molecular weight is 278 g/mol. The molecule has 3 rings (SSSR count). The Bertz CT molecular complexity index is 737. The van der Waals surface area contributed by atoms with Gasteiger partial charge in [0, 0.05) is 36.9 Å². The van der Waals surface area contributed by atoms with Crippen LogP contribution in [0.2, 0.25) is 0 Å². The van der Waals surface area contributed by atoms with Gasteiger partial charge in [0.1, 0.15) is 0 Å². The van der Waals surface area contributed by atoms with Gasteiger partial charge in [-0.15, -0.1) is 0 Å². The van der Waals surface area contributed by atoms with Gasteiger partial charge in [-0.3, -0.25) is 9.88 Å². The molecule has 1 amide bonds. The molecule has 5 heteroatoms. The molecular formula is C16H14N4O. The Labute approximate surface area is 122 Å². The summed E-state index contributed by atoms with van der Waals surface area (Å²) in [6.45, 7) is 0. The third-order valence-electron chi connectivity index (χ3n) is 3.17. The molecule has 0 spiro atoms. The lowest BCUT2D eigenvalue weighted by Crippen LogP contribution is -2.31. The van der Waals surface area contributed by atoms with E-state index >= 15 is 0 Å². The van der Waals surface area contributed by atoms with E-state index in [4.69, 9.17) is 0 Å². The molecule has 104 valence electrons. The van der Waals surface area contributed by atoms with Gasteiger partial charge < -0.3 is 0 Å². The van der Waals surface area contributed by atoms with Crippen LogP contribution in [0.5, 0.6) is 0 Å². The molecule has 5 nitrogen and oxygen atoms in total.